The molecular weight excluding hydrogens is 308 g/mol. The second-order valence-corrected chi connectivity index (χ2v) is 6.53. The summed E-state index contributed by atoms with van der Waals surface area (Å²) in [6.45, 7) is 7.24. The minimum absolute atomic E-state index is 0.0798. The van der Waals surface area contributed by atoms with Gasteiger partial charge in [0.2, 0.25) is 0 Å². The number of cyclic esters (lactones) is 1. The molecule has 5 nitrogen and oxygen atoms in total. The molecule has 1 aliphatic heterocycles. The number of hydrogen-bond donors (Lipinski definition) is 0. The fourth-order valence-electron chi connectivity index (χ4n) is 3.55. The van der Waals surface area contributed by atoms with E-state index in [0.717, 1.165) is 0 Å². The van der Waals surface area contributed by atoms with Gasteiger partial charge in [-0.3, -0.25) is 14.4 Å². The number of hydrogen-bond acceptors (Lipinski definition) is 5. The molecule has 1 saturated heterocycles. The Labute approximate surface area is 142 Å². The minimum Gasteiger partial charge on any atom is -0.465 e. The van der Waals surface area contributed by atoms with Crippen LogP contribution in [0.4, 0.5) is 0 Å². The third-order valence-electron chi connectivity index (χ3n) is 4.59. The molecule has 5 heteroatoms. The highest BCUT2D eigenvalue weighted by molar-refractivity contribution is 6.01. The van der Waals surface area contributed by atoms with Crippen LogP contribution in [0.25, 0.3) is 0 Å². The number of ketones is 1. The van der Waals surface area contributed by atoms with Crippen LogP contribution in [0.1, 0.15) is 44.5 Å². The third-order valence-corrected chi connectivity index (χ3v) is 4.59. The van der Waals surface area contributed by atoms with Crippen LogP contribution >= 0.6 is 0 Å². The molecule has 1 fully saturated rings. The van der Waals surface area contributed by atoms with Crippen LogP contribution in [0.3, 0.4) is 0 Å². The van der Waals surface area contributed by atoms with E-state index in [-0.39, 0.29) is 12.4 Å². The summed E-state index contributed by atoms with van der Waals surface area (Å²) < 4.78 is 10.5. The van der Waals surface area contributed by atoms with E-state index >= 15 is 0 Å². The zero-order valence-corrected chi connectivity index (χ0v) is 14.6. The van der Waals surface area contributed by atoms with Crippen molar-refractivity contribution < 1.29 is 23.9 Å². The van der Waals surface area contributed by atoms with Crippen molar-refractivity contribution in [2.45, 2.75) is 39.7 Å². The molecule has 0 aliphatic carbocycles. The van der Waals surface area contributed by atoms with Crippen molar-refractivity contribution in [3.05, 3.63) is 35.9 Å². The first kappa shape index (κ1) is 18.2. The van der Waals surface area contributed by atoms with E-state index in [9.17, 15) is 14.4 Å². The molecule has 0 bridgehead atoms. The molecule has 1 aromatic rings. The smallest absolute Gasteiger partial charge is 0.321 e. The van der Waals surface area contributed by atoms with Crippen LogP contribution in [0.15, 0.2) is 30.3 Å². The average Bonchev–Trinajstić information content (AvgIpc) is 2.78. The molecule has 1 aliphatic rings. The summed E-state index contributed by atoms with van der Waals surface area (Å²) in [4.78, 5) is 37.5. The third kappa shape index (κ3) is 3.35. The Morgan fingerprint density at radius 1 is 1.21 bits per heavy atom. The van der Waals surface area contributed by atoms with Gasteiger partial charge in [0.15, 0.2) is 11.7 Å². The van der Waals surface area contributed by atoms with Crippen molar-refractivity contribution in [2.24, 2.45) is 17.8 Å². The first-order valence-electron chi connectivity index (χ1n) is 8.32. The predicted molar refractivity (Wildman–Crippen MR) is 88.3 cm³/mol. The summed E-state index contributed by atoms with van der Waals surface area (Å²) in [6, 6.07) is 8.92. The Balaban J connectivity index is 2.40. The highest BCUT2D eigenvalue weighted by Crippen LogP contribution is 2.44. The van der Waals surface area contributed by atoms with Crippen LogP contribution in [0, 0.1) is 17.8 Å². The van der Waals surface area contributed by atoms with Gasteiger partial charge in [0.05, 0.1) is 6.61 Å². The minimum atomic E-state index is -1.06. The number of benzene rings is 1. The quantitative estimate of drug-likeness (QED) is 0.455. The molecule has 130 valence electrons. The van der Waals surface area contributed by atoms with Crippen molar-refractivity contribution >= 4 is 17.7 Å². The number of Topliss-reactive ketones (excluding diaryl/α,β-unsaturated/α-hetero) is 1. The van der Waals surface area contributed by atoms with Crippen molar-refractivity contribution in [3.8, 4) is 0 Å². The molecule has 0 amide bonds. The second kappa shape index (κ2) is 7.16. The summed E-state index contributed by atoms with van der Waals surface area (Å²) in [5.74, 6) is -3.41. The van der Waals surface area contributed by atoms with Gasteiger partial charge in [-0.05, 0) is 27.2 Å². The monoisotopic (exact) mass is 332 g/mol. The van der Waals surface area contributed by atoms with E-state index in [1.54, 1.807) is 45.0 Å². The normalized spacial score (nSPS) is 23.4. The predicted octanol–water partition coefficient (Wildman–Crippen LogP) is 3.03. The molecule has 24 heavy (non-hydrogen) atoms. The van der Waals surface area contributed by atoms with Gasteiger partial charge in [-0.1, -0.05) is 37.3 Å². The Hall–Kier alpha value is -2.17. The zero-order chi connectivity index (χ0) is 17.9. The summed E-state index contributed by atoms with van der Waals surface area (Å²) >= 11 is 0. The molecule has 0 N–H and O–H groups in total. The summed E-state index contributed by atoms with van der Waals surface area (Å²) in [5.41, 5.74) is -0.332. The second-order valence-electron chi connectivity index (χ2n) is 6.53. The Morgan fingerprint density at radius 2 is 1.83 bits per heavy atom. The van der Waals surface area contributed by atoms with Gasteiger partial charge < -0.3 is 9.47 Å². The fourth-order valence-corrected chi connectivity index (χ4v) is 3.55. The summed E-state index contributed by atoms with van der Waals surface area (Å²) in [5, 5.41) is 0. The topological polar surface area (TPSA) is 69.7 Å². The highest BCUT2D eigenvalue weighted by Gasteiger charge is 2.58. The van der Waals surface area contributed by atoms with Gasteiger partial charge in [0.1, 0.15) is 5.60 Å². The summed E-state index contributed by atoms with van der Waals surface area (Å²) in [7, 11) is 0. The molecule has 2 rings (SSSR count). The van der Waals surface area contributed by atoms with E-state index in [4.69, 9.17) is 9.47 Å². The number of esters is 2. The Bertz CT molecular complexity index is 620. The van der Waals surface area contributed by atoms with Crippen LogP contribution in [0.2, 0.25) is 0 Å². The van der Waals surface area contributed by atoms with Crippen LogP contribution in [-0.4, -0.2) is 29.9 Å². The Kier molecular flexibility index (Phi) is 5.42. The largest absolute Gasteiger partial charge is 0.465 e. The van der Waals surface area contributed by atoms with Crippen molar-refractivity contribution in [3.63, 3.8) is 0 Å². The van der Waals surface area contributed by atoms with E-state index < -0.39 is 35.3 Å². The SMILES string of the molecule is CCOC(=O)[C@@H]1C(=O)OC(C)(C)[C@H]1[C@H](CC)C(=O)c1ccccc1. The van der Waals surface area contributed by atoms with Crippen LogP contribution < -0.4 is 0 Å². The van der Waals surface area contributed by atoms with E-state index in [1.807, 2.05) is 13.0 Å². The van der Waals surface area contributed by atoms with Crippen molar-refractivity contribution in [2.75, 3.05) is 6.61 Å². The lowest BCUT2D eigenvalue weighted by Gasteiger charge is -2.32. The fraction of sp³-hybridized carbons (Fsp3) is 0.526. The number of ether oxygens (including phenoxy) is 2. The molecule has 0 saturated carbocycles. The maximum Gasteiger partial charge on any atom is 0.321 e. The van der Waals surface area contributed by atoms with Gasteiger partial charge in [-0.2, -0.15) is 0 Å². The molecular formula is C19H24O5. The lowest BCUT2D eigenvalue weighted by Crippen LogP contribution is -2.42. The van der Waals surface area contributed by atoms with Gasteiger partial charge in [0, 0.05) is 17.4 Å². The maximum atomic E-state index is 13.0. The lowest BCUT2D eigenvalue weighted by atomic mass is 9.70. The van der Waals surface area contributed by atoms with Gasteiger partial charge in [0.25, 0.3) is 0 Å². The number of rotatable bonds is 6. The molecule has 0 spiro atoms. The molecule has 3 atom stereocenters. The van der Waals surface area contributed by atoms with E-state index in [2.05, 4.69) is 0 Å². The number of carbonyl (C=O) groups is 3. The standard InChI is InChI=1S/C19H24O5/c1-5-13(16(20)12-10-8-7-9-11-12)15-14(17(21)23-6-2)18(22)24-19(15,3)4/h7-11,13-15H,5-6H2,1-4H3/t13-,14+,15-/m0/s1. The Morgan fingerprint density at radius 3 is 2.38 bits per heavy atom. The van der Waals surface area contributed by atoms with Crippen LogP contribution in [0.5, 0.6) is 0 Å². The van der Waals surface area contributed by atoms with Crippen molar-refractivity contribution in [1.29, 1.82) is 0 Å². The van der Waals surface area contributed by atoms with Gasteiger partial charge >= 0.3 is 11.9 Å². The molecule has 1 heterocycles. The lowest BCUT2D eigenvalue weighted by molar-refractivity contribution is -0.157. The summed E-state index contributed by atoms with van der Waals surface area (Å²) in [6.07, 6.45) is 0.508. The van der Waals surface area contributed by atoms with E-state index in [1.165, 1.54) is 0 Å². The van der Waals surface area contributed by atoms with Crippen LogP contribution in [-0.2, 0) is 19.1 Å². The average molecular weight is 332 g/mol. The van der Waals surface area contributed by atoms with E-state index in [0.29, 0.717) is 12.0 Å². The molecule has 0 radical (unpaired) electrons. The first-order chi connectivity index (χ1) is 11.3. The highest BCUT2D eigenvalue weighted by atomic mass is 16.6. The molecule has 0 unspecified atom stereocenters. The molecule has 1 aromatic carbocycles. The van der Waals surface area contributed by atoms with Crippen molar-refractivity contribution in [1.82, 2.24) is 0 Å². The van der Waals surface area contributed by atoms with Gasteiger partial charge in [-0.15, -0.1) is 0 Å². The maximum absolute atomic E-state index is 13.0. The molecule has 0 aromatic heterocycles. The first-order valence-corrected chi connectivity index (χ1v) is 8.32. The van der Waals surface area contributed by atoms with Gasteiger partial charge in [-0.25, -0.2) is 0 Å². The number of carbonyl (C=O) groups excluding carboxylic acids is 3. The zero-order valence-electron chi connectivity index (χ0n) is 14.6.